The molecular formula is C20H17BrCl2N2O2S. The highest BCUT2D eigenvalue weighted by Gasteiger charge is 2.17. The van der Waals surface area contributed by atoms with Gasteiger partial charge in [0.1, 0.15) is 5.75 Å². The molecule has 4 nitrogen and oxygen atoms in total. The fourth-order valence-corrected chi connectivity index (χ4v) is 4.57. The minimum absolute atomic E-state index is 0.235. The summed E-state index contributed by atoms with van der Waals surface area (Å²) < 4.78 is 5.91. The van der Waals surface area contributed by atoms with Crippen LogP contribution >= 0.6 is 50.5 Å². The number of nitrogens with zero attached hydrogens (tertiary/aromatic N) is 1. The van der Waals surface area contributed by atoms with Crippen LogP contribution in [0.2, 0.25) is 10.0 Å². The summed E-state index contributed by atoms with van der Waals surface area (Å²) in [6.07, 6.45) is 1.83. The van der Waals surface area contributed by atoms with Crippen LogP contribution in [0.1, 0.15) is 28.6 Å². The average Bonchev–Trinajstić information content (AvgIpc) is 3.06. The van der Waals surface area contributed by atoms with Crippen molar-refractivity contribution in [2.24, 2.45) is 0 Å². The van der Waals surface area contributed by atoms with Gasteiger partial charge in [0.25, 0.3) is 5.91 Å². The van der Waals surface area contributed by atoms with E-state index in [2.05, 4.69) is 33.2 Å². The van der Waals surface area contributed by atoms with Gasteiger partial charge in [0.15, 0.2) is 5.13 Å². The van der Waals surface area contributed by atoms with Crippen LogP contribution in [0.3, 0.4) is 0 Å². The number of aromatic nitrogens is 1. The van der Waals surface area contributed by atoms with E-state index in [1.807, 2.05) is 6.07 Å². The minimum atomic E-state index is -0.235. The summed E-state index contributed by atoms with van der Waals surface area (Å²) in [4.78, 5) is 18.4. The Morgan fingerprint density at radius 2 is 2.00 bits per heavy atom. The number of halogens is 3. The third-order valence-electron chi connectivity index (χ3n) is 4.00. The molecule has 0 aliphatic heterocycles. The lowest BCUT2D eigenvalue weighted by Crippen LogP contribution is -2.11. The zero-order chi connectivity index (χ0) is 20.3. The molecule has 0 fully saturated rings. The maximum absolute atomic E-state index is 12.6. The average molecular weight is 500 g/mol. The molecule has 0 bridgehead atoms. The van der Waals surface area contributed by atoms with Gasteiger partial charge in [-0.3, -0.25) is 10.1 Å². The van der Waals surface area contributed by atoms with Gasteiger partial charge in [0.2, 0.25) is 0 Å². The highest BCUT2D eigenvalue weighted by Crippen LogP contribution is 2.35. The molecule has 1 N–H and O–H groups in total. The van der Waals surface area contributed by atoms with Gasteiger partial charge in [0, 0.05) is 16.0 Å². The van der Waals surface area contributed by atoms with Crippen molar-refractivity contribution in [3.63, 3.8) is 0 Å². The van der Waals surface area contributed by atoms with Crippen LogP contribution in [-0.4, -0.2) is 18.0 Å². The number of benzene rings is 2. The topological polar surface area (TPSA) is 51.2 Å². The van der Waals surface area contributed by atoms with Gasteiger partial charge < -0.3 is 4.74 Å². The van der Waals surface area contributed by atoms with E-state index in [-0.39, 0.29) is 5.91 Å². The largest absolute Gasteiger partial charge is 0.496 e. The van der Waals surface area contributed by atoms with Gasteiger partial charge in [-0.1, -0.05) is 42.6 Å². The summed E-state index contributed by atoms with van der Waals surface area (Å²) in [6, 6.07) is 10.6. The molecule has 0 spiro atoms. The Labute approximate surface area is 186 Å². The second-order valence-electron chi connectivity index (χ2n) is 5.97. The molecule has 0 radical (unpaired) electrons. The Kier molecular flexibility index (Phi) is 6.99. The number of rotatable bonds is 6. The maximum Gasteiger partial charge on any atom is 0.257 e. The molecule has 0 atom stereocenters. The SMILES string of the molecule is CCCc1sc(NC(=O)c2ccc(OC)c(Br)c2)nc1-c1ccc(Cl)c(Cl)c1. The molecule has 146 valence electrons. The summed E-state index contributed by atoms with van der Waals surface area (Å²) >= 11 is 17.1. The molecule has 3 rings (SSSR count). The van der Waals surface area contributed by atoms with Crippen molar-refractivity contribution in [3.05, 3.63) is 61.4 Å². The number of nitrogens with one attached hydrogen (secondary N) is 1. The van der Waals surface area contributed by atoms with Crippen LogP contribution in [0, 0.1) is 0 Å². The zero-order valence-electron chi connectivity index (χ0n) is 15.2. The van der Waals surface area contributed by atoms with Crippen molar-refractivity contribution in [3.8, 4) is 17.0 Å². The summed E-state index contributed by atoms with van der Waals surface area (Å²) in [5.41, 5.74) is 2.20. The number of hydrogen-bond donors (Lipinski definition) is 1. The third-order valence-corrected chi connectivity index (χ3v) is 6.39. The van der Waals surface area contributed by atoms with Crippen LogP contribution in [0.25, 0.3) is 11.3 Å². The summed E-state index contributed by atoms with van der Waals surface area (Å²) in [7, 11) is 1.58. The first-order chi connectivity index (χ1) is 13.4. The number of amides is 1. The van der Waals surface area contributed by atoms with E-state index in [4.69, 9.17) is 27.9 Å². The lowest BCUT2D eigenvalue weighted by Gasteiger charge is -2.06. The number of hydrogen-bond acceptors (Lipinski definition) is 4. The van der Waals surface area contributed by atoms with E-state index in [1.54, 1.807) is 37.4 Å². The lowest BCUT2D eigenvalue weighted by molar-refractivity contribution is 0.102. The Hall–Kier alpha value is -1.60. The molecule has 2 aromatic carbocycles. The van der Waals surface area contributed by atoms with Crippen molar-refractivity contribution in [1.82, 2.24) is 4.98 Å². The van der Waals surface area contributed by atoms with Gasteiger partial charge >= 0.3 is 0 Å². The van der Waals surface area contributed by atoms with Crippen molar-refractivity contribution >= 4 is 61.5 Å². The predicted molar refractivity (Wildman–Crippen MR) is 120 cm³/mol. The standard InChI is InChI=1S/C20H17BrCl2N2O2S/c1-3-4-17-18(11-5-7-14(22)15(23)10-11)24-20(28-17)25-19(26)12-6-8-16(27-2)13(21)9-12/h5-10H,3-4H2,1-2H3,(H,24,25,26). The molecule has 1 heterocycles. The molecule has 0 aliphatic rings. The van der Waals surface area contributed by atoms with Crippen molar-refractivity contribution < 1.29 is 9.53 Å². The number of carbonyl (C=O) groups excluding carboxylic acids is 1. The van der Waals surface area contributed by atoms with E-state index < -0.39 is 0 Å². The quantitative estimate of drug-likeness (QED) is 0.393. The number of methoxy groups -OCH3 is 1. The first kappa shape index (κ1) is 21.1. The number of carbonyl (C=O) groups is 1. The molecule has 0 aliphatic carbocycles. The summed E-state index contributed by atoms with van der Waals surface area (Å²) in [5.74, 6) is 0.429. The van der Waals surface area contributed by atoms with Crippen LogP contribution in [-0.2, 0) is 6.42 Å². The molecule has 1 aromatic heterocycles. The second-order valence-corrected chi connectivity index (χ2v) is 8.73. The van der Waals surface area contributed by atoms with Gasteiger partial charge in [-0.25, -0.2) is 4.98 Å². The highest BCUT2D eigenvalue weighted by molar-refractivity contribution is 9.10. The van der Waals surface area contributed by atoms with Crippen LogP contribution < -0.4 is 10.1 Å². The van der Waals surface area contributed by atoms with E-state index >= 15 is 0 Å². The molecule has 8 heteroatoms. The fraction of sp³-hybridized carbons (Fsp3) is 0.200. The zero-order valence-corrected chi connectivity index (χ0v) is 19.1. The Balaban J connectivity index is 1.89. The van der Waals surface area contributed by atoms with Crippen molar-refractivity contribution in [2.45, 2.75) is 19.8 Å². The third kappa shape index (κ3) is 4.69. The van der Waals surface area contributed by atoms with Gasteiger partial charge in [-0.15, -0.1) is 11.3 Å². The van der Waals surface area contributed by atoms with Crippen LogP contribution in [0.15, 0.2) is 40.9 Å². The number of ether oxygens (including phenoxy) is 1. The Bertz CT molecular complexity index is 1020. The normalized spacial score (nSPS) is 10.8. The number of anilines is 1. The predicted octanol–water partition coefficient (Wildman–Crippen LogP) is 7.09. The van der Waals surface area contributed by atoms with Crippen molar-refractivity contribution in [1.29, 1.82) is 0 Å². The number of thiazole rings is 1. The number of aryl methyl sites for hydroxylation is 1. The molecule has 0 saturated heterocycles. The molecule has 3 aromatic rings. The van der Waals surface area contributed by atoms with Gasteiger partial charge in [-0.2, -0.15) is 0 Å². The van der Waals surface area contributed by atoms with E-state index in [0.29, 0.717) is 31.0 Å². The first-order valence-electron chi connectivity index (χ1n) is 8.53. The molecular weight excluding hydrogens is 483 g/mol. The summed E-state index contributed by atoms with van der Waals surface area (Å²) in [6.45, 7) is 2.10. The minimum Gasteiger partial charge on any atom is -0.496 e. The maximum atomic E-state index is 12.6. The second kappa shape index (κ2) is 9.27. The molecule has 1 amide bonds. The molecule has 28 heavy (non-hydrogen) atoms. The van der Waals surface area contributed by atoms with Crippen molar-refractivity contribution in [2.75, 3.05) is 12.4 Å². The smallest absolute Gasteiger partial charge is 0.257 e. The monoisotopic (exact) mass is 498 g/mol. The highest BCUT2D eigenvalue weighted by atomic mass is 79.9. The first-order valence-corrected chi connectivity index (χ1v) is 10.9. The molecule has 0 unspecified atom stereocenters. The fourth-order valence-electron chi connectivity index (χ4n) is 2.65. The molecule has 0 saturated carbocycles. The van der Waals surface area contributed by atoms with Gasteiger partial charge in [0.05, 0.1) is 27.3 Å². The van der Waals surface area contributed by atoms with E-state index in [9.17, 15) is 4.79 Å². The van der Waals surface area contributed by atoms with Gasteiger partial charge in [-0.05, 0) is 52.7 Å². The lowest BCUT2D eigenvalue weighted by atomic mass is 10.1. The van der Waals surface area contributed by atoms with E-state index in [1.165, 1.54) is 11.3 Å². The van der Waals surface area contributed by atoms with Crippen LogP contribution in [0.5, 0.6) is 5.75 Å². The van der Waals surface area contributed by atoms with Crippen LogP contribution in [0.4, 0.5) is 5.13 Å². The van der Waals surface area contributed by atoms with E-state index in [0.717, 1.165) is 29.0 Å². The Morgan fingerprint density at radius 1 is 1.21 bits per heavy atom. The Morgan fingerprint density at radius 3 is 2.64 bits per heavy atom. The summed E-state index contributed by atoms with van der Waals surface area (Å²) in [5, 5.41) is 4.40.